The molecule has 142 valence electrons. The van der Waals surface area contributed by atoms with E-state index in [1.165, 1.54) is 7.11 Å². The molecule has 1 heterocycles. The van der Waals surface area contributed by atoms with Gasteiger partial charge in [0.1, 0.15) is 12.2 Å². The molecule has 1 fully saturated rings. The number of carbonyl (C=O) groups excluding carboxylic acids is 3. The van der Waals surface area contributed by atoms with E-state index in [-0.39, 0.29) is 18.4 Å². The maximum atomic E-state index is 12.3. The molecule has 1 N–H and O–H groups in total. The molecular weight excluding hydrogens is 362 g/mol. The van der Waals surface area contributed by atoms with E-state index >= 15 is 0 Å². The quantitative estimate of drug-likeness (QED) is 0.785. The van der Waals surface area contributed by atoms with Gasteiger partial charge in [0.2, 0.25) is 11.8 Å². The number of nitrogens with zero attached hydrogens (tertiary/aromatic N) is 2. The Morgan fingerprint density at radius 1 is 1.15 bits per heavy atom. The highest BCUT2D eigenvalue weighted by atomic mass is 35.5. The molecule has 0 saturated carbocycles. The Kier molecular flexibility index (Phi) is 7.08. The number of ether oxygens (including phenoxy) is 2. The van der Waals surface area contributed by atoms with Crippen LogP contribution in [0.15, 0.2) is 18.2 Å². The van der Waals surface area contributed by atoms with Crippen molar-refractivity contribution in [2.45, 2.75) is 13.3 Å². The van der Waals surface area contributed by atoms with Gasteiger partial charge in [-0.1, -0.05) is 11.6 Å². The first kappa shape index (κ1) is 19.8. The third-order valence-corrected chi connectivity index (χ3v) is 4.20. The number of methoxy groups -OCH3 is 1. The van der Waals surface area contributed by atoms with Gasteiger partial charge >= 0.3 is 6.09 Å². The van der Waals surface area contributed by atoms with Gasteiger partial charge in [-0.3, -0.25) is 9.59 Å². The summed E-state index contributed by atoms with van der Waals surface area (Å²) in [4.78, 5) is 39.1. The first-order valence-corrected chi connectivity index (χ1v) is 8.65. The summed E-state index contributed by atoms with van der Waals surface area (Å²) in [5.74, 6) is -0.213. The zero-order chi connectivity index (χ0) is 19.1. The van der Waals surface area contributed by atoms with E-state index in [0.717, 1.165) is 0 Å². The van der Waals surface area contributed by atoms with Crippen LogP contribution in [0.3, 0.4) is 0 Å². The molecule has 0 aromatic heterocycles. The van der Waals surface area contributed by atoms with E-state index in [9.17, 15) is 14.4 Å². The van der Waals surface area contributed by atoms with Crippen LogP contribution < -0.4 is 10.1 Å². The Labute approximate surface area is 157 Å². The lowest BCUT2D eigenvalue weighted by molar-refractivity contribution is -0.135. The molecule has 0 bridgehead atoms. The molecule has 8 nitrogen and oxygen atoms in total. The summed E-state index contributed by atoms with van der Waals surface area (Å²) in [5.41, 5.74) is 0.487. The van der Waals surface area contributed by atoms with Gasteiger partial charge < -0.3 is 24.6 Å². The van der Waals surface area contributed by atoms with Crippen LogP contribution in [-0.4, -0.2) is 67.6 Å². The first-order chi connectivity index (χ1) is 12.4. The smallest absolute Gasteiger partial charge is 0.409 e. The first-order valence-electron chi connectivity index (χ1n) is 8.27. The van der Waals surface area contributed by atoms with Crippen molar-refractivity contribution in [3.8, 4) is 5.75 Å². The average molecular weight is 384 g/mol. The molecule has 1 aromatic carbocycles. The second-order valence-corrected chi connectivity index (χ2v) is 6.05. The summed E-state index contributed by atoms with van der Waals surface area (Å²) in [7, 11) is 1.50. The number of anilines is 1. The van der Waals surface area contributed by atoms with E-state index in [1.54, 1.807) is 34.9 Å². The van der Waals surface area contributed by atoms with Gasteiger partial charge in [0.25, 0.3) is 0 Å². The third kappa shape index (κ3) is 5.26. The van der Waals surface area contributed by atoms with E-state index in [0.29, 0.717) is 49.2 Å². The average Bonchev–Trinajstić information content (AvgIpc) is 2.62. The molecule has 0 radical (unpaired) electrons. The van der Waals surface area contributed by atoms with Crippen molar-refractivity contribution in [3.63, 3.8) is 0 Å². The number of hydrogen-bond donors (Lipinski definition) is 1. The van der Waals surface area contributed by atoms with Crippen LogP contribution in [0.25, 0.3) is 0 Å². The highest BCUT2D eigenvalue weighted by molar-refractivity contribution is 6.32. The molecule has 3 amide bonds. The molecule has 0 aliphatic carbocycles. The molecule has 0 spiro atoms. The predicted molar refractivity (Wildman–Crippen MR) is 96.4 cm³/mol. The minimum absolute atomic E-state index is 0.275. The van der Waals surface area contributed by atoms with Crippen molar-refractivity contribution in [3.05, 3.63) is 23.2 Å². The third-order valence-electron chi connectivity index (χ3n) is 3.91. The summed E-state index contributed by atoms with van der Waals surface area (Å²) in [6, 6.07) is 4.83. The number of amides is 3. The second-order valence-electron chi connectivity index (χ2n) is 5.64. The van der Waals surface area contributed by atoms with Crippen LogP contribution in [0.2, 0.25) is 5.02 Å². The largest absolute Gasteiger partial charge is 0.495 e. The van der Waals surface area contributed by atoms with Crippen LogP contribution >= 0.6 is 11.6 Å². The molecule has 2 rings (SSSR count). The monoisotopic (exact) mass is 383 g/mol. The maximum absolute atomic E-state index is 12.3. The molecule has 1 aliphatic rings. The van der Waals surface area contributed by atoms with Gasteiger partial charge in [-0.2, -0.15) is 0 Å². The summed E-state index contributed by atoms with van der Waals surface area (Å²) in [6.07, 6.45) is -0.656. The molecule has 9 heteroatoms. The van der Waals surface area contributed by atoms with Gasteiger partial charge in [0, 0.05) is 31.9 Å². The number of piperazine rings is 1. The van der Waals surface area contributed by atoms with Crippen LogP contribution in [0.5, 0.6) is 5.75 Å². The number of hydrogen-bond acceptors (Lipinski definition) is 5. The number of rotatable bonds is 5. The Morgan fingerprint density at radius 2 is 1.81 bits per heavy atom. The summed E-state index contributed by atoms with van der Waals surface area (Å²) in [6.45, 7) is 3.58. The van der Waals surface area contributed by atoms with Crippen LogP contribution in [0.4, 0.5) is 10.5 Å². The maximum Gasteiger partial charge on any atom is 0.409 e. The zero-order valence-corrected chi connectivity index (χ0v) is 15.5. The fourth-order valence-corrected chi connectivity index (χ4v) is 2.81. The molecule has 1 aromatic rings. The van der Waals surface area contributed by atoms with Gasteiger partial charge in [-0.25, -0.2) is 4.79 Å². The second kappa shape index (κ2) is 9.28. The predicted octanol–water partition coefficient (Wildman–Crippen LogP) is 1.98. The SMILES string of the molecule is CCOC(=O)N1CCN(C(=O)CC(=O)Nc2ccc(OC)c(Cl)c2)CC1. The number of nitrogens with one attached hydrogen (secondary N) is 1. The van der Waals surface area contributed by atoms with Crippen LogP contribution in [0, 0.1) is 0 Å². The van der Waals surface area contributed by atoms with Crippen molar-refractivity contribution < 1.29 is 23.9 Å². The van der Waals surface area contributed by atoms with E-state index < -0.39 is 5.91 Å². The van der Waals surface area contributed by atoms with Crippen molar-refractivity contribution in [1.82, 2.24) is 9.80 Å². The highest BCUT2D eigenvalue weighted by Gasteiger charge is 2.25. The Balaban J connectivity index is 1.81. The molecule has 1 aliphatic heterocycles. The van der Waals surface area contributed by atoms with E-state index in [2.05, 4.69) is 5.32 Å². The zero-order valence-electron chi connectivity index (χ0n) is 14.8. The fourth-order valence-electron chi connectivity index (χ4n) is 2.55. The van der Waals surface area contributed by atoms with E-state index in [1.807, 2.05) is 0 Å². The molecule has 0 atom stereocenters. The van der Waals surface area contributed by atoms with Gasteiger partial charge in [-0.15, -0.1) is 0 Å². The molecule has 1 saturated heterocycles. The Bertz CT molecular complexity index is 674. The minimum atomic E-state index is -0.427. The number of benzene rings is 1. The summed E-state index contributed by atoms with van der Waals surface area (Å²) in [5, 5.41) is 3.00. The lowest BCUT2D eigenvalue weighted by atomic mass is 10.2. The highest BCUT2D eigenvalue weighted by Crippen LogP contribution is 2.27. The minimum Gasteiger partial charge on any atom is -0.495 e. The number of carbonyl (C=O) groups is 3. The topological polar surface area (TPSA) is 88.2 Å². The summed E-state index contributed by atoms with van der Waals surface area (Å²) >= 11 is 6.01. The fraction of sp³-hybridized carbons (Fsp3) is 0.471. The van der Waals surface area contributed by atoms with Crippen molar-refractivity contribution in [2.24, 2.45) is 0 Å². The van der Waals surface area contributed by atoms with Gasteiger partial charge in [-0.05, 0) is 25.1 Å². The van der Waals surface area contributed by atoms with Crippen molar-refractivity contribution in [1.29, 1.82) is 0 Å². The van der Waals surface area contributed by atoms with Gasteiger partial charge in [0.15, 0.2) is 0 Å². The number of halogens is 1. The van der Waals surface area contributed by atoms with Gasteiger partial charge in [0.05, 0.1) is 18.7 Å². The summed E-state index contributed by atoms with van der Waals surface area (Å²) < 4.78 is 9.98. The molecule has 0 unspecified atom stereocenters. The standard InChI is InChI=1S/C17H22ClN3O5/c1-3-26-17(24)21-8-6-20(7-9-21)16(23)11-15(22)19-12-4-5-14(25-2)13(18)10-12/h4-5,10H,3,6-9,11H2,1-2H3,(H,19,22). The van der Waals surface area contributed by atoms with Crippen LogP contribution in [-0.2, 0) is 14.3 Å². The molecule has 26 heavy (non-hydrogen) atoms. The lowest BCUT2D eigenvalue weighted by Gasteiger charge is -2.34. The molecular formula is C17H22ClN3O5. The van der Waals surface area contributed by atoms with E-state index in [4.69, 9.17) is 21.1 Å². The van der Waals surface area contributed by atoms with Crippen molar-refractivity contribution in [2.75, 3.05) is 45.2 Å². The Morgan fingerprint density at radius 3 is 2.38 bits per heavy atom. The normalized spacial score (nSPS) is 14.0. The lowest BCUT2D eigenvalue weighted by Crippen LogP contribution is -2.51. The van der Waals surface area contributed by atoms with Crippen LogP contribution in [0.1, 0.15) is 13.3 Å². The Hall–Kier alpha value is -2.48. The van der Waals surface area contributed by atoms with Crippen molar-refractivity contribution >= 4 is 35.2 Å².